The van der Waals surface area contributed by atoms with E-state index in [0.29, 0.717) is 5.92 Å². The third kappa shape index (κ3) is 3.11. The van der Waals surface area contributed by atoms with Crippen LogP contribution in [0.1, 0.15) is 56.2 Å². The van der Waals surface area contributed by atoms with Gasteiger partial charge in [-0.05, 0) is 19.8 Å². The lowest BCUT2D eigenvalue weighted by Gasteiger charge is -2.10. The molecular formula is C11H19NS. The summed E-state index contributed by atoms with van der Waals surface area (Å²) in [6.45, 7) is 6.59. The van der Waals surface area contributed by atoms with E-state index < -0.39 is 0 Å². The smallest absolute Gasteiger partial charge is 0.0958 e. The average molecular weight is 197 g/mol. The maximum atomic E-state index is 4.55. The van der Waals surface area contributed by atoms with Crippen molar-refractivity contribution >= 4 is 11.3 Å². The molecule has 1 atom stereocenters. The van der Waals surface area contributed by atoms with Gasteiger partial charge in [-0.3, -0.25) is 0 Å². The summed E-state index contributed by atoms with van der Waals surface area (Å²) in [5.74, 6) is 0.707. The van der Waals surface area contributed by atoms with Crippen LogP contribution in [0.3, 0.4) is 0 Å². The van der Waals surface area contributed by atoms with Gasteiger partial charge < -0.3 is 0 Å². The number of hydrogen-bond acceptors (Lipinski definition) is 2. The molecule has 0 aliphatic heterocycles. The summed E-state index contributed by atoms with van der Waals surface area (Å²) in [7, 11) is 0. The van der Waals surface area contributed by atoms with Crippen molar-refractivity contribution in [3.63, 3.8) is 0 Å². The normalized spacial score (nSPS) is 13.2. The number of nitrogens with zero attached hydrogens (tertiary/aromatic N) is 1. The molecule has 0 aromatic carbocycles. The van der Waals surface area contributed by atoms with E-state index in [-0.39, 0.29) is 0 Å². The third-order valence-electron chi connectivity index (χ3n) is 2.38. The zero-order valence-electron chi connectivity index (χ0n) is 8.84. The number of rotatable bonds is 5. The van der Waals surface area contributed by atoms with Crippen LogP contribution in [0.4, 0.5) is 0 Å². The Kier molecular flexibility index (Phi) is 4.43. The molecule has 0 saturated carbocycles. The molecule has 0 N–H and O–H groups in total. The topological polar surface area (TPSA) is 12.9 Å². The first-order chi connectivity index (χ1) is 6.27. The highest BCUT2D eigenvalue weighted by atomic mass is 32.1. The molecule has 1 rings (SSSR count). The quantitative estimate of drug-likeness (QED) is 0.691. The number of thiazole rings is 1. The van der Waals surface area contributed by atoms with Gasteiger partial charge in [-0.2, -0.15) is 0 Å². The number of unbranched alkanes of at least 4 members (excludes halogenated alkanes) is 1. The highest BCUT2D eigenvalue weighted by molar-refractivity contribution is 7.09. The summed E-state index contributed by atoms with van der Waals surface area (Å²) < 4.78 is 0. The molecule has 74 valence electrons. The lowest BCUT2D eigenvalue weighted by atomic mass is 10.0. The van der Waals surface area contributed by atoms with Crippen molar-refractivity contribution in [2.45, 2.75) is 52.4 Å². The van der Waals surface area contributed by atoms with Crippen molar-refractivity contribution in [1.29, 1.82) is 0 Å². The van der Waals surface area contributed by atoms with Gasteiger partial charge in [-0.25, -0.2) is 4.98 Å². The molecule has 13 heavy (non-hydrogen) atoms. The molecule has 0 saturated heterocycles. The van der Waals surface area contributed by atoms with Gasteiger partial charge in [0.25, 0.3) is 0 Å². The maximum Gasteiger partial charge on any atom is 0.0958 e. The first kappa shape index (κ1) is 10.7. The highest BCUT2D eigenvalue weighted by Gasteiger charge is 2.11. The Hall–Kier alpha value is -0.370. The fourth-order valence-electron chi connectivity index (χ4n) is 1.51. The minimum Gasteiger partial charge on any atom is -0.246 e. The van der Waals surface area contributed by atoms with Gasteiger partial charge in [0.05, 0.1) is 5.01 Å². The van der Waals surface area contributed by atoms with Crippen molar-refractivity contribution in [3.8, 4) is 0 Å². The Morgan fingerprint density at radius 1 is 1.46 bits per heavy atom. The first-order valence-corrected chi connectivity index (χ1v) is 6.07. The van der Waals surface area contributed by atoms with Gasteiger partial charge in [0.15, 0.2) is 0 Å². The van der Waals surface area contributed by atoms with E-state index in [2.05, 4.69) is 31.1 Å². The van der Waals surface area contributed by atoms with Crippen LogP contribution in [-0.2, 0) is 0 Å². The Morgan fingerprint density at radius 3 is 2.69 bits per heavy atom. The van der Waals surface area contributed by atoms with Crippen molar-refractivity contribution in [3.05, 3.63) is 16.1 Å². The second-order valence-electron chi connectivity index (χ2n) is 3.57. The van der Waals surface area contributed by atoms with Gasteiger partial charge in [0.1, 0.15) is 0 Å². The minimum atomic E-state index is 0.707. The average Bonchev–Trinajstić information content (AvgIpc) is 2.54. The third-order valence-corrected chi connectivity index (χ3v) is 3.51. The van der Waals surface area contributed by atoms with E-state index in [1.165, 1.54) is 36.4 Å². The van der Waals surface area contributed by atoms with E-state index in [9.17, 15) is 0 Å². The lowest BCUT2D eigenvalue weighted by molar-refractivity contribution is 0.566. The summed E-state index contributed by atoms with van der Waals surface area (Å²) >= 11 is 1.82. The predicted molar refractivity (Wildman–Crippen MR) is 59.4 cm³/mol. The van der Waals surface area contributed by atoms with Crippen LogP contribution in [0, 0.1) is 6.92 Å². The Morgan fingerprint density at radius 2 is 2.23 bits per heavy atom. The van der Waals surface area contributed by atoms with E-state index in [1.807, 2.05) is 11.3 Å². The van der Waals surface area contributed by atoms with Crippen molar-refractivity contribution in [2.75, 3.05) is 0 Å². The number of aryl methyl sites for hydroxylation is 1. The summed E-state index contributed by atoms with van der Waals surface area (Å²) in [6.07, 6.45) is 5.16. The second kappa shape index (κ2) is 5.38. The van der Waals surface area contributed by atoms with Crippen LogP contribution in [0.5, 0.6) is 0 Å². The van der Waals surface area contributed by atoms with E-state index in [4.69, 9.17) is 0 Å². The van der Waals surface area contributed by atoms with Crippen LogP contribution in [0.15, 0.2) is 5.38 Å². The highest BCUT2D eigenvalue weighted by Crippen LogP contribution is 2.27. The first-order valence-electron chi connectivity index (χ1n) is 5.20. The van der Waals surface area contributed by atoms with Crippen LogP contribution in [0.25, 0.3) is 0 Å². The molecule has 0 amide bonds. The standard InChI is InChI=1S/C11H19NS/c1-4-6-7-10(5-2)11-12-9(3)8-13-11/h8,10H,4-7H2,1-3H3. The molecule has 2 heteroatoms. The molecule has 0 fully saturated rings. The summed E-state index contributed by atoms with van der Waals surface area (Å²) in [4.78, 5) is 4.55. The summed E-state index contributed by atoms with van der Waals surface area (Å²) in [5, 5.41) is 3.50. The molecule has 0 bridgehead atoms. The fourth-order valence-corrected chi connectivity index (χ4v) is 2.53. The molecule has 1 unspecified atom stereocenters. The molecule has 0 aliphatic rings. The molecular weight excluding hydrogens is 178 g/mol. The van der Waals surface area contributed by atoms with Crippen LogP contribution >= 0.6 is 11.3 Å². The summed E-state index contributed by atoms with van der Waals surface area (Å²) in [6, 6.07) is 0. The molecule has 1 nitrogen and oxygen atoms in total. The zero-order valence-corrected chi connectivity index (χ0v) is 9.66. The van der Waals surface area contributed by atoms with E-state index in [1.54, 1.807) is 0 Å². The predicted octanol–water partition coefficient (Wildman–Crippen LogP) is 4.14. The van der Waals surface area contributed by atoms with Crippen LogP contribution in [0.2, 0.25) is 0 Å². The molecule has 1 aromatic heterocycles. The monoisotopic (exact) mass is 197 g/mol. The number of hydrogen-bond donors (Lipinski definition) is 0. The van der Waals surface area contributed by atoms with Gasteiger partial charge in [-0.15, -0.1) is 11.3 Å². The van der Waals surface area contributed by atoms with Gasteiger partial charge in [0.2, 0.25) is 0 Å². The largest absolute Gasteiger partial charge is 0.246 e. The Labute approximate surface area is 85.2 Å². The lowest BCUT2D eigenvalue weighted by Crippen LogP contribution is -1.96. The Bertz CT molecular complexity index is 242. The van der Waals surface area contributed by atoms with Crippen molar-refractivity contribution < 1.29 is 0 Å². The Balaban J connectivity index is 2.56. The summed E-state index contributed by atoms with van der Waals surface area (Å²) in [5.41, 5.74) is 1.18. The van der Waals surface area contributed by atoms with E-state index in [0.717, 1.165) is 0 Å². The molecule has 1 heterocycles. The zero-order chi connectivity index (χ0) is 9.68. The van der Waals surface area contributed by atoms with Gasteiger partial charge in [0, 0.05) is 17.0 Å². The molecule has 0 spiro atoms. The molecule has 0 radical (unpaired) electrons. The maximum absolute atomic E-state index is 4.55. The van der Waals surface area contributed by atoms with Crippen LogP contribution in [-0.4, -0.2) is 4.98 Å². The van der Waals surface area contributed by atoms with Crippen molar-refractivity contribution in [1.82, 2.24) is 4.98 Å². The van der Waals surface area contributed by atoms with Gasteiger partial charge >= 0.3 is 0 Å². The SMILES string of the molecule is CCCCC(CC)c1nc(C)cs1. The number of aromatic nitrogens is 1. The fraction of sp³-hybridized carbons (Fsp3) is 0.727. The molecule has 0 aliphatic carbocycles. The minimum absolute atomic E-state index is 0.707. The molecule has 1 aromatic rings. The van der Waals surface area contributed by atoms with Crippen molar-refractivity contribution in [2.24, 2.45) is 0 Å². The van der Waals surface area contributed by atoms with Gasteiger partial charge in [-0.1, -0.05) is 26.7 Å². The van der Waals surface area contributed by atoms with E-state index >= 15 is 0 Å². The second-order valence-corrected chi connectivity index (χ2v) is 4.46. The van der Waals surface area contributed by atoms with Crippen LogP contribution < -0.4 is 0 Å².